The number of hydrogen-bond acceptors (Lipinski definition) is 6. The highest BCUT2D eigenvalue weighted by Gasteiger charge is 2.40. The first-order chi connectivity index (χ1) is 14.7. The predicted molar refractivity (Wildman–Crippen MR) is 114 cm³/mol. The van der Waals surface area contributed by atoms with Gasteiger partial charge in [-0.2, -0.15) is 19.7 Å². The molecule has 0 amide bonds. The molecule has 1 fully saturated rings. The van der Waals surface area contributed by atoms with Gasteiger partial charge in [-0.25, -0.2) is 0 Å². The van der Waals surface area contributed by atoms with Crippen molar-refractivity contribution in [1.82, 2.24) is 29.4 Å². The quantitative estimate of drug-likeness (QED) is 0.487. The third-order valence-corrected chi connectivity index (χ3v) is 5.50. The van der Waals surface area contributed by atoms with Crippen LogP contribution in [0, 0.1) is 12.8 Å². The molecule has 4 aromatic rings. The summed E-state index contributed by atoms with van der Waals surface area (Å²) >= 11 is 0. The zero-order valence-electron chi connectivity index (χ0n) is 17.2. The lowest BCUT2D eigenvalue weighted by molar-refractivity contribution is 0.286. The number of anilines is 1. The van der Waals surface area contributed by atoms with E-state index in [-0.39, 0.29) is 0 Å². The molecule has 5 rings (SSSR count). The third kappa shape index (κ3) is 3.98. The Morgan fingerprint density at radius 1 is 1.20 bits per heavy atom. The Bertz CT molecular complexity index is 1150. The van der Waals surface area contributed by atoms with Crippen LogP contribution < -0.4 is 10.1 Å². The van der Waals surface area contributed by atoms with Gasteiger partial charge in [-0.15, -0.1) is 0 Å². The van der Waals surface area contributed by atoms with Gasteiger partial charge in [0.15, 0.2) is 5.65 Å². The first-order valence-electron chi connectivity index (χ1n) is 10.3. The molecule has 4 heterocycles. The maximum atomic E-state index is 6.06. The lowest BCUT2D eigenvalue weighted by Crippen LogP contribution is -2.11. The van der Waals surface area contributed by atoms with E-state index in [1.165, 1.54) is 11.1 Å². The number of nitrogens with zero attached hydrogens (tertiary/aromatic N) is 6. The zero-order valence-corrected chi connectivity index (χ0v) is 17.2. The van der Waals surface area contributed by atoms with Crippen molar-refractivity contribution in [2.75, 3.05) is 18.5 Å². The highest BCUT2D eigenvalue weighted by atomic mass is 16.5. The lowest BCUT2D eigenvalue weighted by atomic mass is 10.2. The fraction of sp³-hybridized carbons (Fsp3) is 0.364. The lowest BCUT2D eigenvalue weighted by Gasteiger charge is -2.11. The summed E-state index contributed by atoms with van der Waals surface area (Å²) in [6, 6.07) is 8.05. The molecule has 4 aromatic heterocycles. The average Bonchev–Trinajstić information content (AvgIpc) is 3.13. The summed E-state index contributed by atoms with van der Waals surface area (Å²) in [5.41, 5.74) is 4.31. The van der Waals surface area contributed by atoms with Gasteiger partial charge >= 0.3 is 0 Å². The second-order valence-corrected chi connectivity index (χ2v) is 7.95. The van der Waals surface area contributed by atoms with E-state index in [1.54, 1.807) is 10.7 Å². The van der Waals surface area contributed by atoms with Crippen molar-refractivity contribution in [3.63, 3.8) is 0 Å². The van der Waals surface area contributed by atoms with Crippen LogP contribution in [0.3, 0.4) is 0 Å². The largest absolute Gasteiger partial charge is 0.477 e. The van der Waals surface area contributed by atoms with Crippen molar-refractivity contribution in [2.45, 2.75) is 25.7 Å². The van der Waals surface area contributed by atoms with Crippen LogP contribution in [0.5, 0.6) is 5.88 Å². The van der Waals surface area contributed by atoms with E-state index in [1.807, 2.05) is 42.5 Å². The van der Waals surface area contributed by atoms with Crippen LogP contribution in [-0.4, -0.2) is 42.5 Å². The molecule has 8 nitrogen and oxygen atoms in total. The molecule has 0 aromatic carbocycles. The number of nitrogens with one attached hydrogen (secondary N) is 1. The van der Waals surface area contributed by atoms with Gasteiger partial charge in [0.1, 0.15) is 5.82 Å². The molecule has 1 N–H and O–H groups in total. The molecule has 0 aliphatic heterocycles. The Morgan fingerprint density at radius 3 is 2.93 bits per heavy atom. The number of fused-ring (bicyclic) bond motifs is 1. The standard InChI is InChI=1S/C22H25N7O/c1-15-3-4-19(24-11-15)18-9-17(18)14-30-22-10-21(29-20(27-22)6-8-25-29)23-7-5-16-12-26-28(2)13-16/h3-4,6,8,10-13,17-18,23H,5,7,9,14H2,1-2H3/t17-,18+/m1/s1. The Labute approximate surface area is 174 Å². The Morgan fingerprint density at radius 2 is 2.13 bits per heavy atom. The molecule has 30 heavy (non-hydrogen) atoms. The van der Waals surface area contributed by atoms with E-state index in [0.717, 1.165) is 36.5 Å². The fourth-order valence-corrected chi connectivity index (χ4v) is 3.71. The molecule has 0 unspecified atom stereocenters. The van der Waals surface area contributed by atoms with E-state index in [0.29, 0.717) is 24.3 Å². The molecule has 0 radical (unpaired) electrons. The summed E-state index contributed by atoms with van der Waals surface area (Å²) in [5.74, 6) is 2.47. The Balaban J connectivity index is 1.22. The minimum atomic E-state index is 0.487. The van der Waals surface area contributed by atoms with Crippen LogP contribution in [0.1, 0.15) is 29.2 Å². The van der Waals surface area contributed by atoms with Crippen LogP contribution in [-0.2, 0) is 13.5 Å². The fourth-order valence-electron chi connectivity index (χ4n) is 3.71. The van der Waals surface area contributed by atoms with Crippen LogP contribution in [0.15, 0.2) is 49.1 Å². The van der Waals surface area contributed by atoms with E-state index < -0.39 is 0 Å². The van der Waals surface area contributed by atoms with Crippen molar-refractivity contribution in [3.05, 3.63) is 65.9 Å². The van der Waals surface area contributed by atoms with Crippen molar-refractivity contribution in [1.29, 1.82) is 0 Å². The number of ether oxygens (including phenoxy) is 1. The number of pyridine rings is 1. The first-order valence-corrected chi connectivity index (χ1v) is 10.3. The number of aromatic nitrogens is 6. The molecule has 0 bridgehead atoms. The SMILES string of the molecule is Cc1ccc([C@H]2C[C@@H]2COc2cc(NCCc3cnn(C)c3)n3nccc3n2)nc1. The van der Waals surface area contributed by atoms with Crippen LogP contribution in [0.4, 0.5) is 5.82 Å². The molecular formula is C22H25N7O. The average molecular weight is 403 g/mol. The molecular weight excluding hydrogens is 378 g/mol. The number of aryl methyl sites for hydroxylation is 2. The van der Waals surface area contributed by atoms with Gasteiger partial charge in [0.2, 0.25) is 5.88 Å². The molecule has 2 atom stereocenters. The van der Waals surface area contributed by atoms with Gasteiger partial charge in [-0.3, -0.25) is 9.67 Å². The second kappa shape index (κ2) is 7.78. The van der Waals surface area contributed by atoms with Gasteiger partial charge < -0.3 is 10.1 Å². The van der Waals surface area contributed by atoms with E-state index in [2.05, 4.69) is 44.5 Å². The Hall–Kier alpha value is -3.42. The molecule has 1 aliphatic carbocycles. The minimum Gasteiger partial charge on any atom is -0.477 e. The van der Waals surface area contributed by atoms with Gasteiger partial charge in [0.25, 0.3) is 0 Å². The smallest absolute Gasteiger partial charge is 0.219 e. The minimum absolute atomic E-state index is 0.487. The number of hydrogen-bond donors (Lipinski definition) is 1. The maximum Gasteiger partial charge on any atom is 0.219 e. The van der Waals surface area contributed by atoms with Crippen LogP contribution in [0.2, 0.25) is 0 Å². The molecule has 0 spiro atoms. The number of rotatable bonds is 8. The highest BCUT2D eigenvalue weighted by Crippen LogP contribution is 2.46. The van der Waals surface area contributed by atoms with Crippen LogP contribution >= 0.6 is 0 Å². The van der Waals surface area contributed by atoms with Crippen molar-refractivity contribution < 1.29 is 4.74 Å². The van der Waals surface area contributed by atoms with E-state index >= 15 is 0 Å². The molecule has 0 saturated heterocycles. The Kier molecular flexibility index (Phi) is 4.82. The monoisotopic (exact) mass is 403 g/mol. The van der Waals surface area contributed by atoms with Gasteiger partial charge in [0.05, 0.1) is 19.0 Å². The van der Waals surface area contributed by atoms with Gasteiger partial charge in [-0.05, 0) is 37.0 Å². The first kappa shape index (κ1) is 18.6. The second-order valence-electron chi connectivity index (χ2n) is 7.95. The predicted octanol–water partition coefficient (Wildman–Crippen LogP) is 3.00. The van der Waals surface area contributed by atoms with E-state index in [4.69, 9.17) is 4.74 Å². The molecule has 1 aliphatic rings. The summed E-state index contributed by atoms with van der Waals surface area (Å²) in [4.78, 5) is 9.14. The third-order valence-electron chi connectivity index (χ3n) is 5.50. The van der Waals surface area contributed by atoms with Gasteiger partial charge in [0, 0.05) is 55.6 Å². The summed E-state index contributed by atoms with van der Waals surface area (Å²) in [7, 11) is 1.93. The summed E-state index contributed by atoms with van der Waals surface area (Å²) in [6.07, 6.45) is 9.59. The van der Waals surface area contributed by atoms with Gasteiger partial charge in [-0.1, -0.05) is 6.07 Å². The topological polar surface area (TPSA) is 82.2 Å². The normalized spacial score (nSPS) is 17.9. The van der Waals surface area contributed by atoms with E-state index in [9.17, 15) is 0 Å². The molecule has 8 heteroatoms. The van der Waals surface area contributed by atoms with Crippen molar-refractivity contribution in [2.24, 2.45) is 13.0 Å². The summed E-state index contributed by atoms with van der Waals surface area (Å²) in [5, 5.41) is 12.0. The van der Waals surface area contributed by atoms with Crippen molar-refractivity contribution >= 4 is 11.5 Å². The maximum absolute atomic E-state index is 6.06. The summed E-state index contributed by atoms with van der Waals surface area (Å²) < 4.78 is 9.67. The molecule has 154 valence electrons. The zero-order chi connectivity index (χ0) is 20.5. The summed E-state index contributed by atoms with van der Waals surface area (Å²) in [6.45, 7) is 3.48. The van der Waals surface area contributed by atoms with Crippen LogP contribution in [0.25, 0.3) is 5.65 Å². The molecule has 1 saturated carbocycles. The highest BCUT2D eigenvalue weighted by molar-refractivity contribution is 5.50. The van der Waals surface area contributed by atoms with Crippen molar-refractivity contribution in [3.8, 4) is 5.88 Å².